The van der Waals surface area contributed by atoms with Crippen molar-refractivity contribution in [3.63, 3.8) is 0 Å². The van der Waals surface area contributed by atoms with Crippen molar-refractivity contribution >= 4 is 40.2 Å². The average Bonchev–Trinajstić information content (AvgIpc) is 3.31. The van der Waals surface area contributed by atoms with E-state index in [1.165, 1.54) is 12.1 Å². The number of H-pyrrole nitrogens is 1. The maximum absolute atomic E-state index is 13.2. The molecule has 3 amide bonds. The van der Waals surface area contributed by atoms with Gasteiger partial charge in [-0.1, -0.05) is 91.0 Å². The lowest BCUT2D eigenvalue weighted by Crippen LogP contribution is -2.40. The lowest BCUT2D eigenvalue weighted by molar-refractivity contribution is -0.120. The summed E-state index contributed by atoms with van der Waals surface area (Å²) in [6.45, 7) is 4.92. The summed E-state index contributed by atoms with van der Waals surface area (Å²) in [7, 11) is 1.77. The Morgan fingerprint density at radius 1 is 0.862 bits per heavy atom. The maximum atomic E-state index is 13.2. The monoisotopic (exact) mass is 878 g/mol. The molecule has 0 bridgehead atoms. The number of rotatable bonds is 18. The maximum Gasteiger partial charge on any atom is 0.411 e. The Hall–Kier alpha value is -6.80. The molecule has 1 fully saturated rings. The number of hydrogen-bond donors (Lipinski definition) is 6. The van der Waals surface area contributed by atoms with E-state index in [-0.39, 0.29) is 41.7 Å². The van der Waals surface area contributed by atoms with Gasteiger partial charge in [0, 0.05) is 74.9 Å². The van der Waals surface area contributed by atoms with Crippen LogP contribution < -0.4 is 26.4 Å². The molecule has 1 aliphatic heterocycles. The Kier molecular flexibility index (Phi) is 15.8. The number of hydrogen-bond acceptors (Lipinski definition) is 9. The standard InChI is InChI=1S/C52H58N6O7/c1-35(54-34-47(60)43-19-21-46(59)51-44(43)20-22-48(61)56-51)31-38-10-8-9-36(32-38)23-27-53-49(62)33-37-15-17-40(18-16-37)57(2)50(63)26-30-58-28-24-41(25-29-58)65-52(64)55-45-14-7-6-13-42(45)39-11-4-3-5-12-39/h3-22,32,35,41,47,54,59-60H,23-31,33-34H2,1-2H3,(H,53,62)(H,55,64)(H,56,61)/t35-,47+/m1/s1. The van der Waals surface area contributed by atoms with Gasteiger partial charge in [0.2, 0.25) is 17.4 Å². The van der Waals surface area contributed by atoms with Gasteiger partial charge < -0.3 is 40.4 Å². The van der Waals surface area contributed by atoms with Gasteiger partial charge in [-0.05, 0) is 90.8 Å². The quantitative estimate of drug-likeness (QED) is 0.0525. The molecule has 0 saturated carbocycles. The molecule has 0 radical (unpaired) electrons. The molecule has 5 aromatic carbocycles. The Bertz CT molecular complexity index is 2610. The number of fused-ring (bicyclic) bond motifs is 1. The first-order valence-electron chi connectivity index (χ1n) is 22.3. The molecule has 6 N–H and O–H groups in total. The van der Waals surface area contributed by atoms with Gasteiger partial charge in [0.15, 0.2) is 0 Å². The van der Waals surface area contributed by atoms with Crippen LogP contribution in [0.3, 0.4) is 0 Å². The van der Waals surface area contributed by atoms with Crippen LogP contribution in [0, 0.1) is 0 Å². The van der Waals surface area contributed by atoms with Crippen molar-refractivity contribution < 1.29 is 29.3 Å². The molecule has 1 saturated heterocycles. The number of phenols is 1. The molecule has 13 heteroatoms. The number of carbonyl (C=O) groups excluding carboxylic acids is 3. The fourth-order valence-corrected chi connectivity index (χ4v) is 8.31. The minimum Gasteiger partial charge on any atom is -0.506 e. The Labute approximate surface area is 379 Å². The molecule has 1 aromatic heterocycles. The van der Waals surface area contributed by atoms with Gasteiger partial charge in [-0.25, -0.2) is 4.79 Å². The van der Waals surface area contributed by atoms with Crippen LogP contribution in [0.15, 0.2) is 132 Å². The normalized spacial score (nSPS) is 14.1. The van der Waals surface area contributed by atoms with E-state index in [0.717, 1.165) is 53.0 Å². The Morgan fingerprint density at radius 3 is 2.38 bits per heavy atom. The molecule has 338 valence electrons. The van der Waals surface area contributed by atoms with E-state index in [1.54, 1.807) is 24.1 Å². The molecule has 0 aliphatic carbocycles. The largest absolute Gasteiger partial charge is 0.506 e. The van der Waals surface area contributed by atoms with Gasteiger partial charge >= 0.3 is 6.09 Å². The lowest BCUT2D eigenvalue weighted by atomic mass is 10.0. The zero-order chi connectivity index (χ0) is 45.7. The number of nitrogens with one attached hydrogen (secondary N) is 4. The van der Waals surface area contributed by atoms with E-state index in [4.69, 9.17) is 4.74 Å². The number of aromatic amines is 1. The van der Waals surface area contributed by atoms with Crippen molar-refractivity contribution in [2.75, 3.05) is 50.0 Å². The van der Waals surface area contributed by atoms with Crippen LogP contribution in [0.2, 0.25) is 0 Å². The highest BCUT2D eigenvalue weighted by Gasteiger charge is 2.24. The number of benzene rings is 5. The van der Waals surface area contributed by atoms with Crippen LogP contribution in [-0.4, -0.2) is 89.9 Å². The smallest absolute Gasteiger partial charge is 0.411 e. The summed E-state index contributed by atoms with van der Waals surface area (Å²) in [6, 6.07) is 39.5. The number of pyridine rings is 1. The van der Waals surface area contributed by atoms with Gasteiger partial charge in [0.05, 0.1) is 23.7 Å². The zero-order valence-electron chi connectivity index (χ0n) is 37.0. The third-order valence-electron chi connectivity index (χ3n) is 12.0. The van der Waals surface area contributed by atoms with Gasteiger partial charge in [0.1, 0.15) is 11.9 Å². The highest BCUT2D eigenvalue weighted by Crippen LogP contribution is 2.30. The van der Waals surface area contributed by atoms with Crippen molar-refractivity contribution in [3.8, 4) is 16.9 Å². The summed E-state index contributed by atoms with van der Waals surface area (Å²) < 4.78 is 5.78. The van der Waals surface area contributed by atoms with Crippen molar-refractivity contribution in [1.82, 2.24) is 20.5 Å². The molecule has 2 atom stereocenters. The van der Waals surface area contributed by atoms with Crippen LogP contribution in [-0.2, 0) is 33.6 Å². The first-order valence-corrected chi connectivity index (χ1v) is 22.3. The number of ether oxygens (including phenoxy) is 1. The van der Waals surface area contributed by atoms with E-state index in [9.17, 15) is 29.4 Å². The van der Waals surface area contributed by atoms with Crippen molar-refractivity contribution in [1.29, 1.82) is 0 Å². The van der Waals surface area contributed by atoms with E-state index >= 15 is 0 Å². The third kappa shape index (κ3) is 12.9. The number of para-hydroxylation sites is 1. The van der Waals surface area contributed by atoms with Crippen LogP contribution in [0.25, 0.3) is 22.0 Å². The summed E-state index contributed by atoms with van der Waals surface area (Å²) >= 11 is 0. The second-order valence-electron chi connectivity index (χ2n) is 16.8. The van der Waals surface area contributed by atoms with Crippen LogP contribution >= 0.6 is 0 Å². The molecule has 7 rings (SSSR count). The predicted octanol–water partition coefficient (Wildman–Crippen LogP) is 7.12. The van der Waals surface area contributed by atoms with Crippen LogP contribution in [0.1, 0.15) is 54.5 Å². The average molecular weight is 879 g/mol. The zero-order valence-corrected chi connectivity index (χ0v) is 37.0. The topological polar surface area (TPSA) is 176 Å². The SMILES string of the molecule is C[C@H](Cc1cccc(CCNC(=O)Cc2ccc(N(C)C(=O)CCN3CCC(OC(=O)Nc4ccccc4-c4ccccc4)CC3)cc2)c1)NC[C@H](O)c1ccc(O)c2[nH]c(=O)ccc12. The van der Waals surface area contributed by atoms with Crippen molar-refractivity contribution in [2.24, 2.45) is 0 Å². The van der Waals surface area contributed by atoms with E-state index < -0.39 is 12.2 Å². The van der Waals surface area contributed by atoms with Gasteiger partial charge in [-0.15, -0.1) is 0 Å². The van der Waals surface area contributed by atoms with Gasteiger partial charge in [-0.2, -0.15) is 0 Å². The molecule has 2 heterocycles. The molecular formula is C52H58N6O7. The fraction of sp³-hybridized carbons (Fsp3) is 0.308. The minimum atomic E-state index is -0.844. The summed E-state index contributed by atoms with van der Waals surface area (Å²) in [5, 5.41) is 31.1. The van der Waals surface area contributed by atoms with E-state index in [0.29, 0.717) is 67.5 Å². The second-order valence-corrected chi connectivity index (χ2v) is 16.8. The van der Waals surface area contributed by atoms with E-state index in [2.05, 4.69) is 44.9 Å². The number of aromatic nitrogens is 1. The Morgan fingerprint density at radius 2 is 1.60 bits per heavy atom. The number of anilines is 2. The molecule has 6 aromatic rings. The number of nitrogens with zero attached hydrogens (tertiary/aromatic N) is 2. The number of amides is 3. The minimum absolute atomic E-state index is 0.00116. The highest BCUT2D eigenvalue weighted by atomic mass is 16.6. The number of aliphatic hydroxyl groups is 1. The molecule has 65 heavy (non-hydrogen) atoms. The van der Waals surface area contributed by atoms with Crippen LogP contribution in [0.5, 0.6) is 5.75 Å². The lowest BCUT2D eigenvalue weighted by Gasteiger charge is -2.31. The number of aromatic hydroxyl groups is 1. The number of piperidine rings is 1. The predicted molar refractivity (Wildman–Crippen MR) is 255 cm³/mol. The van der Waals surface area contributed by atoms with Gasteiger partial charge in [-0.3, -0.25) is 19.7 Å². The summed E-state index contributed by atoms with van der Waals surface area (Å²) in [5.74, 6) is -0.125. The highest BCUT2D eigenvalue weighted by molar-refractivity contribution is 5.93. The number of phenolic OH excluding ortho intramolecular Hbond substituents is 1. The molecular weight excluding hydrogens is 821 g/mol. The molecule has 0 unspecified atom stereocenters. The fourth-order valence-electron chi connectivity index (χ4n) is 8.31. The first kappa shape index (κ1) is 46.2. The third-order valence-corrected chi connectivity index (χ3v) is 12.0. The number of likely N-dealkylation sites (tertiary alicyclic amines) is 1. The van der Waals surface area contributed by atoms with Gasteiger partial charge in [0.25, 0.3) is 0 Å². The molecule has 0 spiro atoms. The van der Waals surface area contributed by atoms with E-state index in [1.807, 2.05) is 91.0 Å². The summed E-state index contributed by atoms with van der Waals surface area (Å²) in [6.07, 6.45) is 1.89. The van der Waals surface area contributed by atoms with Crippen molar-refractivity contribution in [3.05, 3.63) is 160 Å². The molecule has 13 nitrogen and oxygen atoms in total. The first-order chi connectivity index (χ1) is 31.5. The Balaban J connectivity index is 0.775. The molecule has 1 aliphatic rings. The second kappa shape index (κ2) is 22.2. The van der Waals surface area contributed by atoms with Crippen molar-refractivity contribution in [2.45, 2.75) is 63.7 Å². The number of aliphatic hydroxyl groups excluding tert-OH is 1. The summed E-state index contributed by atoms with van der Waals surface area (Å²) in [4.78, 5) is 57.1. The summed E-state index contributed by atoms with van der Waals surface area (Å²) in [5.41, 5.74) is 7.10. The number of carbonyl (C=O) groups is 3. The van der Waals surface area contributed by atoms with Crippen LogP contribution in [0.4, 0.5) is 16.2 Å².